The van der Waals surface area contributed by atoms with Gasteiger partial charge in [0.15, 0.2) is 16.4 Å². The Balaban J connectivity index is 1.45. The lowest BCUT2D eigenvalue weighted by molar-refractivity contribution is -0.148. The number of carbonyl (C=O) groups excluding carboxylic acids is 2. The normalized spacial score (nSPS) is 18.0. The van der Waals surface area contributed by atoms with E-state index in [1.165, 1.54) is 18.0 Å². The number of ether oxygens (including phenoxy) is 1. The van der Waals surface area contributed by atoms with Crippen LogP contribution in [0.4, 0.5) is 0 Å². The standard InChI is InChI=1S/C20H23N3O5S/c1-22(18-9-10-29(26,27)15-18)19(24)14-28-20(25)8-7-17-11-21-23(13-17)12-16-5-3-2-4-6-16/h2-8,11,13,18H,9-10,12,14-15H2,1H3/b8-7+/t18-/m1/s1. The second kappa shape index (κ2) is 9.04. The molecule has 9 heteroatoms. The maximum Gasteiger partial charge on any atom is 0.331 e. The Morgan fingerprint density at radius 3 is 2.76 bits per heavy atom. The number of hydrogen-bond donors (Lipinski definition) is 0. The van der Waals surface area contributed by atoms with Gasteiger partial charge in [0, 0.05) is 30.9 Å². The summed E-state index contributed by atoms with van der Waals surface area (Å²) >= 11 is 0. The third-order valence-electron chi connectivity index (χ3n) is 4.74. The molecule has 0 radical (unpaired) electrons. The number of amides is 1. The minimum atomic E-state index is -3.08. The van der Waals surface area contributed by atoms with E-state index in [9.17, 15) is 18.0 Å². The quantitative estimate of drug-likeness (QED) is 0.495. The number of nitrogens with zero attached hydrogens (tertiary/aromatic N) is 3. The summed E-state index contributed by atoms with van der Waals surface area (Å²) in [6, 6.07) is 9.51. The van der Waals surface area contributed by atoms with Gasteiger partial charge >= 0.3 is 5.97 Å². The van der Waals surface area contributed by atoms with Crippen molar-refractivity contribution in [2.75, 3.05) is 25.2 Å². The van der Waals surface area contributed by atoms with Crippen LogP contribution >= 0.6 is 0 Å². The van der Waals surface area contributed by atoms with E-state index in [1.807, 2.05) is 30.3 Å². The molecule has 1 atom stereocenters. The molecule has 1 aromatic carbocycles. The Labute approximate surface area is 169 Å². The Morgan fingerprint density at radius 2 is 2.07 bits per heavy atom. The van der Waals surface area contributed by atoms with Gasteiger partial charge in [0.05, 0.1) is 24.2 Å². The van der Waals surface area contributed by atoms with Gasteiger partial charge in [0.1, 0.15) is 0 Å². The zero-order valence-electron chi connectivity index (χ0n) is 16.1. The zero-order chi connectivity index (χ0) is 20.9. The third-order valence-corrected chi connectivity index (χ3v) is 6.49. The van der Waals surface area contributed by atoms with Gasteiger partial charge in [-0.3, -0.25) is 9.48 Å². The van der Waals surface area contributed by atoms with Crippen LogP contribution in [0.1, 0.15) is 17.5 Å². The summed E-state index contributed by atoms with van der Waals surface area (Å²) in [6.07, 6.45) is 6.64. The van der Waals surface area contributed by atoms with E-state index in [4.69, 9.17) is 4.74 Å². The minimum absolute atomic E-state index is 0.0456. The van der Waals surface area contributed by atoms with E-state index in [0.29, 0.717) is 13.0 Å². The van der Waals surface area contributed by atoms with Crippen molar-refractivity contribution in [1.29, 1.82) is 0 Å². The van der Waals surface area contributed by atoms with Gasteiger partial charge in [0.2, 0.25) is 0 Å². The van der Waals surface area contributed by atoms with Crippen molar-refractivity contribution in [3.05, 3.63) is 59.9 Å². The van der Waals surface area contributed by atoms with Gasteiger partial charge in [-0.15, -0.1) is 0 Å². The van der Waals surface area contributed by atoms with Crippen LogP contribution in [0.2, 0.25) is 0 Å². The maximum absolute atomic E-state index is 12.1. The van der Waals surface area contributed by atoms with Gasteiger partial charge in [-0.05, 0) is 18.1 Å². The van der Waals surface area contributed by atoms with E-state index in [-0.39, 0.29) is 17.5 Å². The predicted molar refractivity (Wildman–Crippen MR) is 108 cm³/mol. The van der Waals surface area contributed by atoms with Gasteiger partial charge < -0.3 is 9.64 Å². The molecule has 2 aromatic rings. The number of sulfone groups is 1. The first-order chi connectivity index (χ1) is 13.8. The number of aromatic nitrogens is 2. The summed E-state index contributed by atoms with van der Waals surface area (Å²) in [5.41, 5.74) is 1.85. The van der Waals surface area contributed by atoms with Crippen LogP contribution in [0.25, 0.3) is 6.08 Å². The van der Waals surface area contributed by atoms with Crippen LogP contribution in [-0.2, 0) is 30.7 Å². The van der Waals surface area contributed by atoms with E-state index >= 15 is 0 Å². The van der Waals surface area contributed by atoms with Crippen molar-refractivity contribution in [1.82, 2.24) is 14.7 Å². The lowest BCUT2D eigenvalue weighted by Crippen LogP contribution is -2.40. The highest BCUT2D eigenvalue weighted by Gasteiger charge is 2.32. The highest BCUT2D eigenvalue weighted by molar-refractivity contribution is 7.91. The van der Waals surface area contributed by atoms with Crippen molar-refractivity contribution in [3.63, 3.8) is 0 Å². The molecule has 0 N–H and O–H groups in total. The highest BCUT2D eigenvalue weighted by atomic mass is 32.2. The Morgan fingerprint density at radius 1 is 1.31 bits per heavy atom. The fourth-order valence-corrected chi connectivity index (χ4v) is 4.83. The van der Waals surface area contributed by atoms with E-state index < -0.39 is 28.3 Å². The number of likely N-dealkylation sites (N-methyl/N-ethyl adjacent to an activating group) is 1. The van der Waals surface area contributed by atoms with Crippen LogP contribution in [0.15, 0.2) is 48.8 Å². The van der Waals surface area contributed by atoms with Crippen molar-refractivity contribution in [2.24, 2.45) is 0 Å². The fourth-order valence-electron chi connectivity index (χ4n) is 3.05. The fraction of sp³-hybridized carbons (Fsp3) is 0.350. The Bertz CT molecular complexity index is 998. The van der Waals surface area contributed by atoms with Crippen molar-refractivity contribution >= 4 is 27.8 Å². The first-order valence-electron chi connectivity index (χ1n) is 9.20. The molecular formula is C20H23N3O5S. The molecule has 0 bridgehead atoms. The van der Waals surface area contributed by atoms with Crippen LogP contribution < -0.4 is 0 Å². The smallest absolute Gasteiger partial charge is 0.331 e. The van der Waals surface area contributed by atoms with Crippen molar-refractivity contribution in [2.45, 2.75) is 19.0 Å². The molecular weight excluding hydrogens is 394 g/mol. The molecule has 1 aliphatic heterocycles. The average molecular weight is 417 g/mol. The van der Waals surface area contributed by atoms with Crippen molar-refractivity contribution in [3.8, 4) is 0 Å². The number of hydrogen-bond acceptors (Lipinski definition) is 6. The Kier molecular flexibility index (Phi) is 6.48. The highest BCUT2D eigenvalue weighted by Crippen LogP contribution is 2.16. The molecule has 0 unspecified atom stereocenters. The summed E-state index contributed by atoms with van der Waals surface area (Å²) in [5, 5.41) is 4.25. The minimum Gasteiger partial charge on any atom is -0.452 e. The number of benzene rings is 1. The van der Waals surface area contributed by atoms with Gasteiger partial charge in [-0.25, -0.2) is 13.2 Å². The Hall–Kier alpha value is -2.94. The number of esters is 1. The van der Waals surface area contributed by atoms with Gasteiger partial charge in [0.25, 0.3) is 5.91 Å². The molecule has 0 saturated carbocycles. The van der Waals surface area contributed by atoms with E-state index in [1.54, 1.807) is 23.2 Å². The second-order valence-electron chi connectivity index (χ2n) is 6.96. The molecule has 1 fully saturated rings. The molecule has 154 valence electrons. The monoisotopic (exact) mass is 417 g/mol. The SMILES string of the molecule is CN(C(=O)COC(=O)/C=C/c1cnn(Cc2ccccc2)c1)[C@@H]1CCS(=O)(=O)C1. The molecule has 3 rings (SSSR count). The molecule has 0 spiro atoms. The predicted octanol–water partition coefficient (Wildman–Crippen LogP) is 1.13. The summed E-state index contributed by atoms with van der Waals surface area (Å²) in [6.45, 7) is 0.195. The van der Waals surface area contributed by atoms with Gasteiger partial charge in [-0.1, -0.05) is 30.3 Å². The number of rotatable bonds is 7. The lowest BCUT2D eigenvalue weighted by Gasteiger charge is -2.22. The number of carbonyl (C=O) groups is 2. The largest absolute Gasteiger partial charge is 0.452 e. The van der Waals surface area contributed by atoms with E-state index in [0.717, 1.165) is 11.1 Å². The average Bonchev–Trinajstić information content (AvgIpc) is 3.30. The summed E-state index contributed by atoms with van der Waals surface area (Å²) in [4.78, 5) is 25.3. The molecule has 8 nitrogen and oxygen atoms in total. The van der Waals surface area contributed by atoms with Crippen LogP contribution in [-0.4, -0.2) is 66.2 Å². The first-order valence-corrected chi connectivity index (χ1v) is 11.0. The van der Waals surface area contributed by atoms with Gasteiger partial charge in [-0.2, -0.15) is 5.10 Å². The second-order valence-corrected chi connectivity index (χ2v) is 9.19. The summed E-state index contributed by atoms with van der Waals surface area (Å²) < 4.78 is 29.8. The first kappa shape index (κ1) is 20.8. The molecule has 29 heavy (non-hydrogen) atoms. The van der Waals surface area contributed by atoms with E-state index in [2.05, 4.69) is 5.10 Å². The van der Waals surface area contributed by atoms with Crippen LogP contribution in [0.5, 0.6) is 0 Å². The molecule has 2 heterocycles. The van der Waals surface area contributed by atoms with Crippen LogP contribution in [0.3, 0.4) is 0 Å². The molecule has 1 amide bonds. The molecule has 1 saturated heterocycles. The zero-order valence-corrected chi connectivity index (χ0v) is 16.9. The lowest BCUT2D eigenvalue weighted by atomic mass is 10.2. The third kappa shape index (κ3) is 6.02. The molecule has 1 aromatic heterocycles. The van der Waals surface area contributed by atoms with Crippen molar-refractivity contribution < 1.29 is 22.7 Å². The topological polar surface area (TPSA) is 98.6 Å². The summed E-state index contributed by atoms with van der Waals surface area (Å²) in [7, 11) is -1.56. The maximum atomic E-state index is 12.1. The molecule has 1 aliphatic rings. The summed E-state index contributed by atoms with van der Waals surface area (Å²) in [5.74, 6) is -1.04. The molecule has 0 aliphatic carbocycles. The van der Waals surface area contributed by atoms with Crippen LogP contribution in [0, 0.1) is 0 Å².